The monoisotopic (exact) mass is 438 g/mol. The van der Waals surface area contributed by atoms with Crippen molar-refractivity contribution in [1.29, 1.82) is 0 Å². The molecule has 1 saturated heterocycles. The molecule has 3 N–H and O–H groups in total. The molecule has 168 valence electrons. The highest BCUT2D eigenvalue weighted by atomic mass is 16.5. The number of fused-ring (bicyclic) bond motifs is 3. The van der Waals surface area contributed by atoms with Crippen molar-refractivity contribution in [2.45, 2.75) is 43.9 Å². The maximum atomic E-state index is 12.5. The second kappa shape index (κ2) is 9.00. The number of hydrogen-bond acceptors (Lipinski definition) is 5. The maximum absolute atomic E-state index is 12.5. The first-order valence-corrected chi connectivity index (χ1v) is 10.7. The summed E-state index contributed by atoms with van der Waals surface area (Å²) in [7, 11) is 0. The minimum absolute atomic E-state index is 0.00919. The number of benzene rings is 2. The molecule has 1 aliphatic carbocycles. The van der Waals surface area contributed by atoms with Crippen molar-refractivity contribution in [2.24, 2.45) is 0 Å². The van der Waals surface area contributed by atoms with Gasteiger partial charge in [-0.15, -0.1) is 0 Å². The van der Waals surface area contributed by atoms with E-state index >= 15 is 0 Å². The van der Waals surface area contributed by atoms with Gasteiger partial charge in [-0.05, 0) is 29.2 Å². The quantitative estimate of drug-likeness (QED) is 0.638. The molecule has 2 aromatic rings. The molecule has 1 aliphatic heterocycles. The van der Waals surface area contributed by atoms with Gasteiger partial charge in [-0.25, -0.2) is 9.59 Å². The topological polar surface area (TPSA) is 116 Å². The lowest BCUT2D eigenvalue weighted by atomic mass is 9.98. The second-order valence-electron chi connectivity index (χ2n) is 8.36. The Kier molecular flexibility index (Phi) is 6.14. The Morgan fingerprint density at radius 1 is 1.09 bits per heavy atom. The van der Waals surface area contributed by atoms with Crippen molar-refractivity contribution in [3.05, 3.63) is 59.7 Å². The van der Waals surface area contributed by atoms with Crippen molar-refractivity contribution in [3.63, 3.8) is 0 Å². The van der Waals surface area contributed by atoms with Crippen molar-refractivity contribution in [2.75, 3.05) is 13.2 Å². The number of hydrogen-bond donors (Lipinski definition) is 3. The summed E-state index contributed by atoms with van der Waals surface area (Å²) in [6.07, 6.45) is -1.57. The van der Waals surface area contributed by atoms with E-state index in [0.29, 0.717) is 0 Å². The highest BCUT2D eigenvalue weighted by Gasteiger charge is 2.39. The molecule has 0 spiro atoms. The van der Waals surface area contributed by atoms with Crippen LogP contribution in [0.2, 0.25) is 0 Å². The minimum Gasteiger partial charge on any atom is -0.480 e. The molecule has 0 aromatic heterocycles. The maximum Gasteiger partial charge on any atom is 0.407 e. The van der Waals surface area contributed by atoms with Gasteiger partial charge in [0.05, 0.1) is 6.10 Å². The molecule has 0 saturated carbocycles. The molecule has 32 heavy (non-hydrogen) atoms. The minimum atomic E-state index is -1.15. The molecule has 1 fully saturated rings. The van der Waals surface area contributed by atoms with Gasteiger partial charge in [-0.1, -0.05) is 48.5 Å². The molecular weight excluding hydrogens is 412 g/mol. The van der Waals surface area contributed by atoms with Crippen molar-refractivity contribution >= 4 is 18.0 Å². The van der Waals surface area contributed by atoms with Gasteiger partial charge >= 0.3 is 12.1 Å². The zero-order chi connectivity index (χ0) is 22.8. The summed E-state index contributed by atoms with van der Waals surface area (Å²) in [6.45, 7) is 1.80. The predicted octanol–water partition coefficient (Wildman–Crippen LogP) is 2.35. The molecule has 2 aromatic carbocycles. The van der Waals surface area contributed by atoms with Crippen molar-refractivity contribution in [3.8, 4) is 11.1 Å². The van der Waals surface area contributed by atoms with Gasteiger partial charge in [0.2, 0.25) is 5.91 Å². The summed E-state index contributed by atoms with van der Waals surface area (Å²) in [5, 5.41) is 21.6. The van der Waals surface area contributed by atoms with Crippen LogP contribution in [0.3, 0.4) is 0 Å². The van der Waals surface area contributed by atoms with Crippen LogP contribution in [0.1, 0.15) is 36.8 Å². The van der Waals surface area contributed by atoms with E-state index < -0.39 is 36.2 Å². The highest BCUT2D eigenvalue weighted by molar-refractivity contribution is 5.85. The van der Waals surface area contributed by atoms with Crippen LogP contribution in [0.15, 0.2) is 48.5 Å². The number of likely N-dealkylation sites (tertiary alicyclic amines) is 1. The first-order chi connectivity index (χ1) is 15.3. The third-order valence-corrected chi connectivity index (χ3v) is 6.07. The zero-order valence-electron chi connectivity index (χ0n) is 17.7. The van der Waals surface area contributed by atoms with Gasteiger partial charge in [0.1, 0.15) is 12.6 Å². The third kappa shape index (κ3) is 4.31. The first kappa shape index (κ1) is 21.8. The number of nitrogens with zero attached hydrogens (tertiary/aromatic N) is 1. The molecule has 2 amide bonds. The van der Waals surface area contributed by atoms with E-state index in [9.17, 15) is 24.6 Å². The lowest BCUT2D eigenvalue weighted by Crippen LogP contribution is -2.44. The van der Waals surface area contributed by atoms with Crippen LogP contribution in [0, 0.1) is 0 Å². The molecular formula is C24H26N2O6. The fourth-order valence-electron chi connectivity index (χ4n) is 4.60. The van der Waals surface area contributed by atoms with Crippen LogP contribution in [0.4, 0.5) is 4.79 Å². The Labute approximate surface area is 185 Å². The average Bonchev–Trinajstić information content (AvgIpc) is 3.31. The number of aliphatic carboxylic acids is 1. The number of rotatable bonds is 6. The molecule has 1 heterocycles. The smallest absolute Gasteiger partial charge is 0.407 e. The number of carboxylic acids is 1. The van der Waals surface area contributed by atoms with E-state index in [0.717, 1.165) is 27.2 Å². The highest BCUT2D eigenvalue weighted by Crippen LogP contribution is 2.44. The second-order valence-corrected chi connectivity index (χ2v) is 8.36. The molecule has 0 bridgehead atoms. The largest absolute Gasteiger partial charge is 0.480 e. The Morgan fingerprint density at radius 3 is 2.28 bits per heavy atom. The lowest BCUT2D eigenvalue weighted by molar-refractivity contribution is -0.148. The fraction of sp³-hybridized carbons (Fsp3) is 0.375. The lowest BCUT2D eigenvalue weighted by Gasteiger charge is -2.23. The molecule has 8 nitrogen and oxygen atoms in total. The summed E-state index contributed by atoms with van der Waals surface area (Å²) in [4.78, 5) is 37.3. The summed E-state index contributed by atoms with van der Waals surface area (Å²) in [6, 6.07) is 14.5. The Bertz CT molecular complexity index is 993. The molecule has 2 unspecified atom stereocenters. The van der Waals surface area contributed by atoms with Crippen molar-refractivity contribution in [1.82, 2.24) is 10.2 Å². The number of aliphatic hydroxyl groups excluding tert-OH is 1. The van der Waals surface area contributed by atoms with Crippen LogP contribution in [-0.4, -0.2) is 64.4 Å². The van der Waals surface area contributed by atoms with Gasteiger partial charge in [0, 0.05) is 31.3 Å². The SMILES string of the molecule is CC(CC(=O)N1CC(O)C[C@H]1C(=O)O)NC(=O)OCC1c2ccccc2-c2ccccc21. The molecule has 4 rings (SSSR count). The fourth-order valence-corrected chi connectivity index (χ4v) is 4.60. The molecule has 8 heteroatoms. The van der Waals surface area contributed by atoms with E-state index in [1.54, 1.807) is 6.92 Å². The number of ether oxygens (including phenoxy) is 1. The Morgan fingerprint density at radius 2 is 1.69 bits per heavy atom. The van der Waals surface area contributed by atoms with Crippen LogP contribution in [0.25, 0.3) is 11.1 Å². The van der Waals surface area contributed by atoms with Gasteiger partial charge in [-0.2, -0.15) is 0 Å². The van der Waals surface area contributed by atoms with Gasteiger partial charge < -0.3 is 25.2 Å². The van der Waals surface area contributed by atoms with Crippen molar-refractivity contribution < 1.29 is 29.3 Å². The zero-order valence-corrected chi connectivity index (χ0v) is 17.7. The van der Waals surface area contributed by atoms with Gasteiger partial charge in [-0.3, -0.25) is 4.79 Å². The molecule has 3 atom stereocenters. The van der Waals surface area contributed by atoms with Gasteiger partial charge in [0.15, 0.2) is 0 Å². The number of carbonyl (C=O) groups excluding carboxylic acids is 2. The van der Waals surface area contributed by atoms with E-state index in [-0.39, 0.29) is 31.9 Å². The standard InChI is InChI=1S/C24H26N2O6/c1-14(10-22(28)26-12-15(27)11-21(26)23(29)30)25-24(31)32-13-20-18-8-4-2-6-16(18)17-7-3-5-9-19(17)20/h2-9,14-15,20-21,27H,10-13H2,1H3,(H,25,31)(H,29,30)/t14?,15?,21-/m0/s1. The van der Waals surface area contributed by atoms with Crippen LogP contribution in [0.5, 0.6) is 0 Å². The van der Waals surface area contributed by atoms with Gasteiger partial charge in [0.25, 0.3) is 0 Å². The first-order valence-electron chi connectivity index (χ1n) is 10.7. The number of amides is 2. The number of carbonyl (C=O) groups is 3. The number of aliphatic hydroxyl groups is 1. The number of β-amino-alcohol motifs (C(OH)–C–C–N with tert-alkyl or cyclic N) is 1. The van der Waals surface area contributed by atoms with E-state index in [2.05, 4.69) is 17.4 Å². The van der Waals surface area contributed by atoms with E-state index in [4.69, 9.17) is 4.74 Å². The normalized spacial score (nSPS) is 20.4. The summed E-state index contributed by atoms with van der Waals surface area (Å²) >= 11 is 0. The van der Waals surface area contributed by atoms with Crippen LogP contribution >= 0.6 is 0 Å². The average molecular weight is 438 g/mol. The summed E-state index contributed by atoms with van der Waals surface area (Å²) < 4.78 is 5.48. The number of alkyl carbamates (subject to hydrolysis) is 1. The predicted molar refractivity (Wildman–Crippen MR) is 116 cm³/mol. The van der Waals surface area contributed by atoms with Crippen LogP contribution in [-0.2, 0) is 14.3 Å². The summed E-state index contributed by atoms with van der Waals surface area (Å²) in [5.74, 6) is -1.64. The van der Waals surface area contributed by atoms with E-state index in [1.807, 2.05) is 36.4 Å². The molecule has 2 aliphatic rings. The number of nitrogens with one attached hydrogen (secondary N) is 1. The Hall–Kier alpha value is -3.39. The molecule has 0 radical (unpaired) electrons. The summed E-state index contributed by atoms with van der Waals surface area (Å²) in [5.41, 5.74) is 4.49. The Balaban J connectivity index is 1.33. The van der Waals surface area contributed by atoms with E-state index in [1.165, 1.54) is 0 Å². The number of carboxylic acid groups (broad SMARTS) is 1. The third-order valence-electron chi connectivity index (χ3n) is 6.07. The van der Waals surface area contributed by atoms with Crippen LogP contribution < -0.4 is 5.32 Å².